The number of aromatic nitrogens is 4. The average Bonchev–Trinajstić information content (AvgIpc) is 3.83. The van der Waals surface area contributed by atoms with E-state index < -0.39 is 0 Å². The number of hydrogen-bond donors (Lipinski definition) is 0. The normalized spacial score (nSPS) is 11.2. The molecule has 0 amide bonds. The molecule has 8 aromatic rings. The van der Waals surface area contributed by atoms with E-state index in [1.807, 2.05) is 36.0 Å². The van der Waals surface area contributed by atoms with Crippen molar-refractivity contribution in [1.29, 1.82) is 0 Å². The molecule has 51 heavy (non-hydrogen) atoms. The second-order valence-electron chi connectivity index (χ2n) is 11.8. The van der Waals surface area contributed by atoms with Crippen LogP contribution in [0.25, 0.3) is 64.5 Å². The van der Waals surface area contributed by atoms with Crippen LogP contribution in [0.4, 0.5) is 8.78 Å². The molecule has 0 aliphatic carbocycles. The van der Waals surface area contributed by atoms with Gasteiger partial charge in [0.25, 0.3) is 0 Å². The fourth-order valence-electron chi connectivity index (χ4n) is 5.67. The Hall–Kier alpha value is -5.35. The van der Waals surface area contributed by atoms with Gasteiger partial charge in [0.2, 0.25) is 0 Å². The fraction of sp³-hybridized carbons (Fsp3) is 0.0476. The molecule has 0 radical (unpaired) electrons. The van der Waals surface area contributed by atoms with Crippen LogP contribution in [-0.4, -0.2) is 19.9 Å². The van der Waals surface area contributed by atoms with Crippen molar-refractivity contribution < 1.29 is 8.78 Å². The lowest BCUT2D eigenvalue weighted by Crippen LogP contribution is -1.86. The Bertz CT molecular complexity index is 2210. The molecule has 8 rings (SSSR count). The van der Waals surface area contributed by atoms with E-state index in [0.717, 1.165) is 76.0 Å². The Morgan fingerprint density at radius 1 is 0.412 bits per heavy atom. The van der Waals surface area contributed by atoms with E-state index in [2.05, 4.69) is 58.5 Å². The largest absolute Gasteiger partial charge is 0.265 e. The van der Waals surface area contributed by atoms with Gasteiger partial charge in [-0.25, -0.2) is 18.7 Å². The summed E-state index contributed by atoms with van der Waals surface area (Å²) in [6.07, 6.45) is 7.10. The first-order valence-corrected chi connectivity index (χ1v) is 19.0. The smallest absolute Gasteiger partial charge is 0.124 e. The lowest BCUT2D eigenvalue weighted by molar-refractivity contribution is 0.627. The van der Waals surface area contributed by atoms with Gasteiger partial charge >= 0.3 is 0 Å². The molecule has 0 saturated carbocycles. The van der Waals surface area contributed by atoms with Crippen molar-refractivity contribution in [1.82, 2.24) is 19.9 Å². The van der Waals surface area contributed by atoms with Crippen LogP contribution in [0.1, 0.15) is 11.1 Å². The molecule has 9 heteroatoms. The number of nitrogens with zero attached hydrogens (tertiary/aromatic N) is 4. The van der Waals surface area contributed by atoms with Crippen molar-refractivity contribution in [3.8, 4) is 64.5 Å². The van der Waals surface area contributed by atoms with E-state index >= 15 is 0 Å². The Balaban J connectivity index is 0.946. The highest BCUT2D eigenvalue weighted by atomic mass is 32.2. The number of rotatable bonds is 10. The third kappa shape index (κ3) is 7.42. The van der Waals surface area contributed by atoms with Gasteiger partial charge in [-0.15, -0.1) is 22.7 Å². The molecule has 0 bridgehead atoms. The van der Waals surface area contributed by atoms with Gasteiger partial charge in [-0.2, -0.15) is 11.8 Å². The van der Waals surface area contributed by atoms with Crippen molar-refractivity contribution in [3.05, 3.63) is 169 Å². The molecule has 0 unspecified atom stereocenters. The molecule has 248 valence electrons. The van der Waals surface area contributed by atoms with Crippen LogP contribution < -0.4 is 0 Å². The lowest BCUT2D eigenvalue weighted by Gasteiger charge is -2.05. The third-order valence-corrected chi connectivity index (χ3v) is 11.7. The van der Waals surface area contributed by atoms with E-state index in [-0.39, 0.29) is 11.6 Å². The van der Waals surface area contributed by atoms with Gasteiger partial charge in [0.15, 0.2) is 0 Å². The van der Waals surface area contributed by atoms with E-state index in [4.69, 9.17) is 9.97 Å². The van der Waals surface area contributed by atoms with E-state index in [1.165, 1.54) is 35.4 Å². The number of benzene rings is 4. The second kappa shape index (κ2) is 14.9. The monoisotopic (exact) mass is 722 g/mol. The third-order valence-electron chi connectivity index (χ3n) is 8.31. The predicted molar refractivity (Wildman–Crippen MR) is 207 cm³/mol. The highest BCUT2D eigenvalue weighted by molar-refractivity contribution is 7.97. The highest BCUT2D eigenvalue weighted by Crippen LogP contribution is 2.42. The minimum absolute atomic E-state index is 0.269. The zero-order valence-electron chi connectivity index (χ0n) is 27.0. The summed E-state index contributed by atoms with van der Waals surface area (Å²) in [5, 5.41) is 1.83. The summed E-state index contributed by atoms with van der Waals surface area (Å²) in [4.78, 5) is 20.4. The molecule has 4 nitrogen and oxygen atoms in total. The van der Waals surface area contributed by atoms with Crippen LogP contribution in [0.5, 0.6) is 0 Å². The quantitative estimate of drug-likeness (QED) is 0.141. The predicted octanol–water partition coefficient (Wildman–Crippen LogP) is 12.1. The maximum Gasteiger partial charge on any atom is 0.124 e. The minimum Gasteiger partial charge on any atom is -0.265 e. The summed E-state index contributed by atoms with van der Waals surface area (Å²) in [5.41, 5.74) is 10.1. The SMILES string of the molecule is Fc1ccc(-c2nc(-c3ccc(CSCc4ccc(-c5nc(-c6ccc(F)cc6)c(-c6ccncc6)s5)cc4)cc3)sc2-c2ccncc2)cc1. The van der Waals surface area contributed by atoms with Gasteiger partial charge in [0, 0.05) is 58.5 Å². The topological polar surface area (TPSA) is 51.6 Å². The molecule has 0 fully saturated rings. The van der Waals surface area contributed by atoms with Crippen molar-refractivity contribution in [2.24, 2.45) is 0 Å². The van der Waals surface area contributed by atoms with Crippen LogP contribution in [0.2, 0.25) is 0 Å². The molecular weight excluding hydrogens is 695 g/mol. The summed E-state index contributed by atoms with van der Waals surface area (Å²) in [5.74, 6) is 1.22. The van der Waals surface area contributed by atoms with Crippen molar-refractivity contribution >= 4 is 34.4 Å². The van der Waals surface area contributed by atoms with Gasteiger partial charge in [0.1, 0.15) is 21.6 Å². The Morgan fingerprint density at radius 2 is 0.765 bits per heavy atom. The summed E-state index contributed by atoms with van der Waals surface area (Å²) < 4.78 is 27.4. The first-order chi connectivity index (χ1) is 25.1. The summed E-state index contributed by atoms with van der Waals surface area (Å²) in [6, 6.07) is 38.1. The van der Waals surface area contributed by atoms with Gasteiger partial charge in [0.05, 0.1) is 21.1 Å². The first kappa shape index (κ1) is 32.8. The zero-order chi connectivity index (χ0) is 34.6. The molecule has 0 aliphatic rings. The molecule has 0 aliphatic heterocycles. The summed E-state index contributed by atoms with van der Waals surface area (Å²) in [7, 11) is 0. The van der Waals surface area contributed by atoms with Gasteiger partial charge in [-0.3, -0.25) is 9.97 Å². The maximum atomic E-state index is 13.7. The minimum atomic E-state index is -0.269. The maximum absolute atomic E-state index is 13.7. The first-order valence-electron chi connectivity index (χ1n) is 16.2. The summed E-state index contributed by atoms with van der Waals surface area (Å²) >= 11 is 5.12. The fourth-order valence-corrected chi connectivity index (χ4v) is 8.82. The lowest BCUT2D eigenvalue weighted by atomic mass is 10.1. The molecular formula is C42H28F2N4S3. The van der Waals surface area contributed by atoms with Crippen molar-refractivity contribution in [2.45, 2.75) is 11.5 Å². The zero-order valence-corrected chi connectivity index (χ0v) is 29.5. The van der Waals surface area contributed by atoms with E-state index in [0.29, 0.717) is 0 Å². The Morgan fingerprint density at radius 3 is 1.14 bits per heavy atom. The molecule has 0 spiro atoms. The number of thiazole rings is 2. The van der Waals surface area contributed by atoms with Gasteiger partial charge < -0.3 is 0 Å². The Labute approximate surface area is 306 Å². The second-order valence-corrected chi connectivity index (χ2v) is 14.7. The standard InChI is InChI=1S/C42H28F2N4S3/c43-35-13-9-29(10-14-35)37-39(31-17-21-45-22-18-31)50-41(47-37)33-5-1-27(2-6-33)25-49-26-28-3-7-34(8-4-28)42-48-38(30-11-15-36(44)16-12-30)40(51-42)32-19-23-46-24-20-32/h1-24H,25-26H2. The molecule has 0 N–H and O–H groups in total. The molecule has 4 heterocycles. The number of halogens is 2. The van der Waals surface area contributed by atoms with Crippen LogP contribution in [-0.2, 0) is 11.5 Å². The van der Waals surface area contributed by atoms with Crippen molar-refractivity contribution in [2.75, 3.05) is 0 Å². The highest BCUT2D eigenvalue weighted by Gasteiger charge is 2.18. The van der Waals surface area contributed by atoms with Gasteiger partial charge in [-0.05, 0) is 95.1 Å². The van der Waals surface area contributed by atoms with Gasteiger partial charge in [-0.1, -0.05) is 48.5 Å². The molecule has 4 aromatic heterocycles. The van der Waals surface area contributed by atoms with Crippen LogP contribution in [0.15, 0.2) is 146 Å². The molecule has 0 saturated heterocycles. The van der Waals surface area contributed by atoms with Crippen LogP contribution >= 0.6 is 34.4 Å². The van der Waals surface area contributed by atoms with E-state index in [9.17, 15) is 8.78 Å². The number of thioether (sulfide) groups is 1. The number of pyridine rings is 2. The number of hydrogen-bond acceptors (Lipinski definition) is 7. The van der Waals surface area contributed by atoms with Crippen LogP contribution in [0.3, 0.4) is 0 Å². The average molecular weight is 723 g/mol. The molecule has 0 atom stereocenters. The van der Waals surface area contributed by atoms with Crippen molar-refractivity contribution in [3.63, 3.8) is 0 Å². The summed E-state index contributed by atoms with van der Waals surface area (Å²) in [6.45, 7) is 0. The van der Waals surface area contributed by atoms with Crippen LogP contribution in [0, 0.1) is 11.6 Å². The van der Waals surface area contributed by atoms with E-state index in [1.54, 1.807) is 71.7 Å². The molecule has 4 aromatic carbocycles. The Kier molecular flexibility index (Phi) is 9.57.